The predicted octanol–water partition coefficient (Wildman–Crippen LogP) is 4.94. The molecule has 0 atom stereocenters. The van der Waals surface area contributed by atoms with E-state index < -0.39 is 16.8 Å². The third-order valence-corrected chi connectivity index (χ3v) is 7.32. The number of anilines is 1. The van der Waals surface area contributed by atoms with E-state index in [9.17, 15) is 24.5 Å². The van der Waals surface area contributed by atoms with Crippen molar-refractivity contribution in [3.8, 4) is 5.69 Å². The Hall–Kier alpha value is -5.04. The molecule has 2 N–H and O–H groups in total. The van der Waals surface area contributed by atoms with E-state index in [0.717, 1.165) is 16.8 Å². The van der Waals surface area contributed by atoms with Crippen LogP contribution in [-0.4, -0.2) is 49.8 Å². The molecule has 0 spiro atoms. The van der Waals surface area contributed by atoms with E-state index in [1.54, 1.807) is 42.7 Å². The van der Waals surface area contributed by atoms with Crippen LogP contribution in [-0.2, 0) is 16.1 Å². The van der Waals surface area contributed by atoms with E-state index >= 15 is 0 Å². The van der Waals surface area contributed by atoms with E-state index in [1.165, 1.54) is 30.0 Å². The first-order chi connectivity index (χ1) is 20.6. The van der Waals surface area contributed by atoms with Gasteiger partial charge in [-0.15, -0.1) is 10.2 Å². The van der Waals surface area contributed by atoms with Crippen LogP contribution < -0.4 is 10.6 Å². The number of carbonyl (C=O) groups excluding carboxylic acids is 3. The lowest BCUT2D eigenvalue weighted by Crippen LogP contribution is -2.25. The Kier molecular flexibility index (Phi) is 9.88. The van der Waals surface area contributed by atoms with Crippen LogP contribution in [0.15, 0.2) is 65.8 Å². The summed E-state index contributed by atoms with van der Waals surface area (Å²) in [5.74, 6) is -0.793. The Morgan fingerprint density at radius 3 is 2.35 bits per heavy atom. The van der Waals surface area contributed by atoms with Gasteiger partial charge in [0.1, 0.15) is 0 Å². The zero-order valence-electron chi connectivity index (χ0n) is 24.0. The number of aromatic nitrogens is 3. The molecule has 2 amide bonds. The van der Waals surface area contributed by atoms with Crippen molar-refractivity contribution in [2.75, 3.05) is 17.7 Å². The molecule has 13 heteroatoms. The van der Waals surface area contributed by atoms with Gasteiger partial charge in [-0.3, -0.25) is 24.3 Å². The predicted molar refractivity (Wildman–Crippen MR) is 162 cm³/mol. The summed E-state index contributed by atoms with van der Waals surface area (Å²) in [5, 5.41) is 25.9. The molecular formula is C30H30N6O6S. The average molecular weight is 603 g/mol. The highest BCUT2D eigenvalue weighted by atomic mass is 32.2. The number of thioether (sulfide) groups is 1. The zero-order valence-corrected chi connectivity index (χ0v) is 24.9. The van der Waals surface area contributed by atoms with Gasteiger partial charge < -0.3 is 15.4 Å². The van der Waals surface area contributed by atoms with Crippen LogP contribution in [0.25, 0.3) is 5.69 Å². The van der Waals surface area contributed by atoms with Gasteiger partial charge in [0.15, 0.2) is 11.0 Å². The number of amides is 2. The van der Waals surface area contributed by atoms with Gasteiger partial charge in [0.2, 0.25) is 5.91 Å². The summed E-state index contributed by atoms with van der Waals surface area (Å²) >= 11 is 1.17. The summed E-state index contributed by atoms with van der Waals surface area (Å²) in [6.07, 6.45) is 0. The van der Waals surface area contributed by atoms with E-state index in [2.05, 4.69) is 20.8 Å². The molecule has 3 aromatic carbocycles. The first kappa shape index (κ1) is 30.9. The summed E-state index contributed by atoms with van der Waals surface area (Å²) in [5.41, 5.74) is 4.09. The lowest BCUT2D eigenvalue weighted by Gasteiger charge is -2.14. The highest BCUT2D eigenvalue weighted by molar-refractivity contribution is 7.99. The van der Waals surface area contributed by atoms with Gasteiger partial charge in [-0.2, -0.15) is 0 Å². The van der Waals surface area contributed by atoms with Crippen molar-refractivity contribution in [2.45, 2.75) is 39.4 Å². The summed E-state index contributed by atoms with van der Waals surface area (Å²) in [6.45, 7) is 7.47. The number of nitro groups is 1. The highest BCUT2D eigenvalue weighted by Gasteiger charge is 2.20. The molecule has 222 valence electrons. The molecule has 4 aromatic rings. The second-order valence-corrected chi connectivity index (χ2v) is 10.5. The normalized spacial score (nSPS) is 10.7. The van der Waals surface area contributed by atoms with Gasteiger partial charge in [0.05, 0.1) is 35.1 Å². The lowest BCUT2D eigenvalue weighted by atomic mass is 10.1. The van der Waals surface area contributed by atoms with Crippen molar-refractivity contribution in [3.05, 3.63) is 104 Å². The molecule has 0 saturated heterocycles. The standard InChI is InChI=1S/C30H30N6O6S/c1-5-42-29(39)21-10-12-23(13-11-21)32-27(37)17-43-30-34-33-26(35(30)24-14-18(2)6-7-19(24)3)16-31-28(38)22-9-8-20(4)25(15-22)36(40)41/h6-15H,5,16-17H2,1-4H3,(H,31,38)(H,32,37). The fourth-order valence-corrected chi connectivity index (χ4v) is 4.91. The van der Waals surface area contributed by atoms with Gasteiger partial charge in [-0.25, -0.2) is 4.79 Å². The second-order valence-electron chi connectivity index (χ2n) is 9.60. The highest BCUT2D eigenvalue weighted by Crippen LogP contribution is 2.26. The summed E-state index contributed by atoms with van der Waals surface area (Å²) in [4.78, 5) is 48.3. The molecule has 0 radical (unpaired) electrons. The first-order valence-corrected chi connectivity index (χ1v) is 14.3. The Bertz CT molecular complexity index is 1690. The van der Waals surface area contributed by atoms with Crippen molar-refractivity contribution >= 4 is 40.9 Å². The minimum absolute atomic E-state index is 0.0134. The van der Waals surface area contributed by atoms with Crippen LogP contribution in [0.3, 0.4) is 0 Å². The fraction of sp³-hybridized carbons (Fsp3) is 0.233. The van der Waals surface area contributed by atoms with Crippen molar-refractivity contribution in [1.82, 2.24) is 20.1 Å². The number of esters is 1. The van der Waals surface area contributed by atoms with E-state index in [-0.39, 0.29) is 36.1 Å². The van der Waals surface area contributed by atoms with Gasteiger partial charge >= 0.3 is 5.97 Å². The van der Waals surface area contributed by atoms with Crippen LogP contribution in [0.5, 0.6) is 0 Å². The molecular weight excluding hydrogens is 572 g/mol. The van der Waals surface area contributed by atoms with E-state index in [4.69, 9.17) is 4.74 Å². The molecule has 0 aliphatic heterocycles. The smallest absolute Gasteiger partial charge is 0.338 e. The molecule has 0 bridgehead atoms. The van der Waals surface area contributed by atoms with Crippen LogP contribution in [0.4, 0.5) is 11.4 Å². The van der Waals surface area contributed by atoms with Gasteiger partial charge in [0.25, 0.3) is 11.6 Å². The van der Waals surface area contributed by atoms with Crippen LogP contribution in [0.1, 0.15) is 50.2 Å². The molecule has 12 nitrogen and oxygen atoms in total. The van der Waals surface area contributed by atoms with Crippen LogP contribution >= 0.6 is 11.8 Å². The molecule has 0 aliphatic rings. The summed E-state index contributed by atoms with van der Waals surface area (Å²) < 4.78 is 6.76. The number of aryl methyl sites for hydroxylation is 3. The number of benzene rings is 3. The maximum atomic E-state index is 12.9. The largest absolute Gasteiger partial charge is 0.462 e. The Morgan fingerprint density at radius 2 is 1.65 bits per heavy atom. The number of ether oxygens (including phenoxy) is 1. The maximum Gasteiger partial charge on any atom is 0.338 e. The van der Waals surface area contributed by atoms with Crippen LogP contribution in [0, 0.1) is 30.9 Å². The number of rotatable bonds is 11. The summed E-state index contributed by atoms with van der Waals surface area (Å²) in [6, 6.07) is 16.6. The molecule has 0 unspecified atom stereocenters. The number of hydrogen-bond donors (Lipinski definition) is 2. The minimum Gasteiger partial charge on any atom is -0.462 e. The molecule has 1 heterocycles. The van der Waals surface area contributed by atoms with Crippen molar-refractivity contribution in [3.63, 3.8) is 0 Å². The quantitative estimate of drug-likeness (QED) is 0.105. The molecule has 0 fully saturated rings. The topological polar surface area (TPSA) is 158 Å². The van der Waals surface area contributed by atoms with Gasteiger partial charge in [0, 0.05) is 22.9 Å². The Balaban J connectivity index is 1.50. The van der Waals surface area contributed by atoms with Gasteiger partial charge in [-0.1, -0.05) is 30.0 Å². The number of nitro benzene ring substituents is 1. The van der Waals surface area contributed by atoms with Crippen LogP contribution in [0.2, 0.25) is 0 Å². The number of carbonyl (C=O) groups is 3. The SMILES string of the molecule is CCOC(=O)c1ccc(NC(=O)CSc2nnc(CNC(=O)c3ccc(C)c([N+](=O)[O-])c3)n2-c2cc(C)ccc2C)cc1. The molecule has 4 rings (SSSR count). The second kappa shape index (κ2) is 13.7. The monoisotopic (exact) mass is 602 g/mol. The maximum absolute atomic E-state index is 12.9. The van der Waals surface area contributed by atoms with E-state index in [1.807, 2.05) is 32.0 Å². The average Bonchev–Trinajstić information content (AvgIpc) is 3.39. The van der Waals surface area contributed by atoms with Crippen molar-refractivity contribution in [1.29, 1.82) is 0 Å². The number of nitrogens with zero attached hydrogens (tertiary/aromatic N) is 4. The minimum atomic E-state index is -0.526. The molecule has 1 aromatic heterocycles. The number of nitrogens with one attached hydrogen (secondary N) is 2. The first-order valence-electron chi connectivity index (χ1n) is 13.3. The zero-order chi connectivity index (χ0) is 31.1. The summed E-state index contributed by atoms with van der Waals surface area (Å²) in [7, 11) is 0. The lowest BCUT2D eigenvalue weighted by molar-refractivity contribution is -0.385. The molecule has 0 saturated carbocycles. The van der Waals surface area contributed by atoms with Crippen molar-refractivity contribution in [2.24, 2.45) is 0 Å². The van der Waals surface area contributed by atoms with Crippen molar-refractivity contribution < 1.29 is 24.0 Å². The molecule has 0 aliphatic carbocycles. The Labute approximate surface area is 252 Å². The fourth-order valence-electron chi connectivity index (χ4n) is 4.15. The third kappa shape index (κ3) is 7.63. The molecule has 43 heavy (non-hydrogen) atoms. The number of hydrogen-bond acceptors (Lipinski definition) is 9. The van der Waals surface area contributed by atoms with E-state index in [0.29, 0.717) is 27.8 Å². The Morgan fingerprint density at radius 1 is 0.953 bits per heavy atom. The van der Waals surface area contributed by atoms with Gasteiger partial charge in [-0.05, 0) is 75.2 Å². The third-order valence-electron chi connectivity index (χ3n) is 6.39.